The van der Waals surface area contributed by atoms with Crippen LogP contribution in [0.3, 0.4) is 0 Å². The van der Waals surface area contributed by atoms with E-state index in [2.05, 4.69) is 5.32 Å². The zero-order chi connectivity index (χ0) is 16.7. The van der Waals surface area contributed by atoms with E-state index in [1.54, 1.807) is 0 Å². The lowest BCUT2D eigenvalue weighted by atomic mass is 10.0. The second kappa shape index (κ2) is 8.82. The van der Waals surface area contributed by atoms with Gasteiger partial charge in [-0.15, -0.1) is 0 Å². The molecule has 0 saturated heterocycles. The topological polar surface area (TPSA) is 55.4 Å². The van der Waals surface area contributed by atoms with Crippen LogP contribution in [0.15, 0.2) is 18.2 Å². The number of ketones is 1. The number of rotatable bonds is 10. The van der Waals surface area contributed by atoms with Gasteiger partial charge in [-0.3, -0.25) is 9.59 Å². The molecule has 23 heavy (non-hydrogen) atoms. The highest BCUT2D eigenvalue weighted by Crippen LogP contribution is 2.28. The van der Waals surface area contributed by atoms with E-state index in [0.29, 0.717) is 18.7 Å². The van der Waals surface area contributed by atoms with Gasteiger partial charge in [-0.05, 0) is 56.2 Å². The van der Waals surface area contributed by atoms with Crippen molar-refractivity contribution in [2.24, 2.45) is 5.92 Å². The third kappa shape index (κ3) is 6.53. The van der Waals surface area contributed by atoms with Crippen molar-refractivity contribution in [3.8, 4) is 0 Å². The van der Waals surface area contributed by atoms with Gasteiger partial charge in [0.15, 0.2) is 5.78 Å². The molecule has 1 aliphatic carbocycles. The van der Waals surface area contributed by atoms with Gasteiger partial charge in [0.2, 0.25) is 5.91 Å². The van der Waals surface area contributed by atoms with Crippen LogP contribution in [0.5, 0.6) is 0 Å². The summed E-state index contributed by atoms with van der Waals surface area (Å²) in [6.07, 6.45) is 3.92. The van der Waals surface area contributed by atoms with Crippen LogP contribution in [0.2, 0.25) is 0 Å². The van der Waals surface area contributed by atoms with Gasteiger partial charge in [0.05, 0.1) is 0 Å². The third-order valence-electron chi connectivity index (χ3n) is 4.25. The van der Waals surface area contributed by atoms with E-state index in [0.717, 1.165) is 24.5 Å². The van der Waals surface area contributed by atoms with E-state index in [1.807, 2.05) is 32.0 Å². The Hall–Kier alpha value is -1.68. The van der Waals surface area contributed by atoms with E-state index < -0.39 is 0 Å². The summed E-state index contributed by atoms with van der Waals surface area (Å²) in [5, 5.41) is 2.84. The number of carbonyl (C=O) groups is 2. The first-order chi connectivity index (χ1) is 11.1. The summed E-state index contributed by atoms with van der Waals surface area (Å²) in [7, 11) is 0. The number of hydrogen-bond donors (Lipinski definition) is 1. The monoisotopic (exact) mass is 317 g/mol. The van der Waals surface area contributed by atoms with Gasteiger partial charge in [-0.25, -0.2) is 0 Å². The van der Waals surface area contributed by atoms with Crippen LogP contribution in [-0.2, 0) is 9.53 Å². The van der Waals surface area contributed by atoms with E-state index in [-0.39, 0.29) is 24.5 Å². The molecule has 1 aromatic carbocycles. The van der Waals surface area contributed by atoms with Crippen molar-refractivity contribution in [3.05, 3.63) is 34.9 Å². The minimum atomic E-state index is -0.0654. The van der Waals surface area contributed by atoms with Gasteiger partial charge in [0.25, 0.3) is 0 Å². The van der Waals surface area contributed by atoms with E-state index in [1.165, 1.54) is 18.4 Å². The Morgan fingerprint density at radius 2 is 1.96 bits per heavy atom. The Morgan fingerprint density at radius 3 is 2.65 bits per heavy atom. The molecule has 0 atom stereocenters. The molecule has 0 aliphatic heterocycles. The number of aryl methyl sites for hydroxylation is 2. The molecule has 0 bridgehead atoms. The number of benzene rings is 1. The Balaban J connectivity index is 1.57. The number of carbonyl (C=O) groups excluding carboxylic acids is 2. The van der Waals surface area contributed by atoms with Gasteiger partial charge in [0, 0.05) is 38.2 Å². The van der Waals surface area contributed by atoms with E-state index in [9.17, 15) is 9.59 Å². The maximum atomic E-state index is 12.1. The molecule has 4 nitrogen and oxygen atoms in total. The minimum absolute atomic E-state index is 0.0241. The highest BCUT2D eigenvalue weighted by Gasteiger charge is 2.20. The maximum absolute atomic E-state index is 12.1. The van der Waals surface area contributed by atoms with Crippen molar-refractivity contribution in [1.82, 2.24) is 5.32 Å². The highest BCUT2D eigenvalue weighted by atomic mass is 16.5. The Morgan fingerprint density at radius 1 is 1.17 bits per heavy atom. The molecule has 0 spiro atoms. The molecule has 1 aromatic rings. The zero-order valence-corrected chi connectivity index (χ0v) is 14.2. The normalized spacial score (nSPS) is 13.8. The summed E-state index contributed by atoms with van der Waals surface area (Å²) in [6, 6.07) is 5.68. The Bertz CT molecular complexity index is 550. The Kier molecular flexibility index (Phi) is 6.78. The second-order valence-corrected chi connectivity index (χ2v) is 6.44. The standard InChI is InChI=1S/C19H27NO3/c1-14-4-7-17(12-15(14)2)18(21)8-9-19(22)20-10-3-11-23-13-16-5-6-16/h4,7,12,16H,3,5-6,8-11,13H2,1-2H3,(H,20,22). The van der Waals surface area contributed by atoms with Gasteiger partial charge in [-0.2, -0.15) is 0 Å². The van der Waals surface area contributed by atoms with Crippen LogP contribution in [-0.4, -0.2) is 31.4 Å². The molecule has 2 rings (SSSR count). The van der Waals surface area contributed by atoms with Gasteiger partial charge in [0.1, 0.15) is 0 Å². The van der Waals surface area contributed by atoms with Crippen LogP contribution in [0, 0.1) is 19.8 Å². The molecule has 0 unspecified atom stereocenters. The van der Waals surface area contributed by atoms with Crippen molar-refractivity contribution in [2.75, 3.05) is 19.8 Å². The quantitative estimate of drug-likeness (QED) is 0.532. The number of hydrogen-bond acceptors (Lipinski definition) is 3. The fourth-order valence-corrected chi connectivity index (χ4v) is 2.31. The summed E-state index contributed by atoms with van der Waals surface area (Å²) in [6.45, 7) is 6.17. The Labute approximate surface area is 138 Å². The first-order valence-corrected chi connectivity index (χ1v) is 8.51. The van der Waals surface area contributed by atoms with Crippen molar-refractivity contribution in [3.63, 3.8) is 0 Å². The molecular weight excluding hydrogens is 290 g/mol. The molecule has 126 valence electrons. The van der Waals surface area contributed by atoms with Gasteiger partial charge in [-0.1, -0.05) is 12.1 Å². The lowest BCUT2D eigenvalue weighted by Crippen LogP contribution is -2.25. The molecule has 1 aliphatic rings. The molecule has 1 N–H and O–H groups in total. The second-order valence-electron chi connectivity index (χ2n) is 6.44. The molecule has 1 amide bonds. The lowest BCUT2D eigenvalue weighted by molar-refractivity contribution is -0.121. The SMILES string of the molecule is Cc1ccc(C(=O)CCC(=O)NCCCOCC2CC2)cc1C. The van der Waals surface area contributed by atoms with Crippen LogP contribution in [0.4, 0.5) is 0 Å². The predicted octanol–water partition coefficient (Wildman–Crippen LogP) is 3.20. The lowest BCUT2D eigenvalue weighted by Gasteiger charge is -2.07. The van der Waals surface area contributed by atoms with Crippen molar-refractivity contribution in [1.29, 1.82) is 0 Å². The van der Waals surface area contributed by atoms with Crippen LogP contribution in [0.1, 0.15) is 53.6 Å². The summed E-state index contributed by atoms with van der Waals surface area (Å²) >= 11 is 0. The summed E-state index contributed by atoms with van der Waals surface area (Å²) < 4.78 is 5.51. The maximum Gasteiger partial charge on any atom is 0.220 e. The first kappa shape index (κ1) is 17.7. The number of amides is 1. The van der Waals surface area contributed by atoms with Crippen LogP contribution >= 0.6 is 0 Å². The molecule has 0 heterocycles. The van der Waals surface area contributed by atoms with E-state index in [4.69, 9.17) is 4.74 Å². The van der Waals surface area contributed by atoms with E-state index >= 15 is 0 Å². The van der Waals surface area contributed by atoms with Crippen molar-refractivity contribution >= 4 is 11.7 Å². The van der Waals surface area contributed by atoms with Crippen molar-refractivity contribution < 1.29 is 14.3 Å². The third-order valence-corrected chi connectivity index (χ3v) is 4.25. The largest absolute Gasteiger partial charge is 0.381 e. The average Bonchev–Trinajstić information content (AvgIpc) is 3.35. The van der Waals surface area contributed by atoms with Crippen LogP contribution < -0.4 is 5.32 Å². The van der Waals surface area contributed by atoms with Gasteiger partial charge < -0.3 is 10.1 Å². The van der Waals surface area contributed by atoms with Crippen LogP contribution in [0.25, 0.3) is 0 Å². The molecule has 0 aromatic heterocycles. The molecule has 4 heteroatoms. The summed E-state index contributed by atoms with van der Waals surface area (Å²) in [5.41, 5.74) is 2.96. The number of ether oxygens (including phenoxy) is 1. The fraction of sp³-hybridized carbons (Fsp3) is 0.579. The number of nitrogens with one attached hydrogen (secondary N) is 1. The number of Topliss-reactive ketones (excluding diaryl/α,β-unsaturated/α-hetero) is 1. The smallest absolute Gasteiger partial charge is 0.220 e. The van der Waals surface area contributed by atoms with Crippen molar-refractivity contribution in [2.45, 2.75) is 46.0 Å². The molecule has 1 saturated carbocycles. The molecule has 1 fully saturated rings. The average molecular weight is 317 g/mol. The predicted molar refractivity (Wildman–Crippen MR) is 90.7 cm³/mol. The first-order valence-electron chi connectivity index (χ1n) is 8.51. The molecule has 0 radical (unpaired) electrons. The molecular formula is C19H27NO3. The highest BCUT2D eigenvalue weighted by molar-refractivity contribution is 5.98. The minimum Gasteiger partial charge on any atom is -0.381 e. The summed E-state index contributed by atoms with van der Waals surface area (Å²) in [5.74, 6) is 0.737. The van der Waals surface area contributed by atoms with Gasteiger partial charge >= 0.3 is 0 Å². The summed E-state index contributed by atoms with van der Waals surface area (Å²) in [4.78, 5) is 23.8. The zero-order valence-electron chi connectivity index (χ0n) is 14.2. The fourth-order valence-electron chi connectivity index (χ4n) is 2.31.